The zero-order chi connectivity index (χ0) is 8.85. The van der Waals surface area contributed by atoms with Crippen LogP contribution in [-0.2, 0) is 9.59 Å². The van der Waals surface area contributed by atoms with E-state index in [1.165, 1.54) is 0 Å². The number of amides is 1. The number of nitrogens with two attached hydrogens (primary N) is 2. The van der Waals surface area contributed by atoms with Crippen LogP contribution in [0, 0.1) is 11.8 Å². The lowest BCUT2D eigenvalue weighted by atomic mass is 10.2. The number of Topliss-reactive ketones (excluding diaryl/α,β-unsaturated/α-hetero) is 1. The molecule has 0 aromatic rings. The van der Waals surface area contributed by atoms with Crippen LogP contribution in [-0.4, -0.2) is 23.5 Å². The third kappa shape index (κ3) is 4.42. The fourth-order valence-electron chi connectivity index (χ4n) is 0.299. The number of rotatable bonds is 2. The van der Waals surface area contributed by atoms with Gasteiger partial charge in [0.2, 0.25) is 5.78 Å². The molecule has 0 bridgehead atoms. The second-order valence-corrected chi connectivity index (χ2v) is 2.13. The first-order chi connectivity index (χ1) is 5.07. The Balaban J connectivity index is 4.10. The zero-order valence-corrected chi connectivity index (χ0v) is 6.60. The molecule has 0 fully saturated rings. The van der Waals surface area contributed by atoms with Gasteiger partial charge in [0.05, 0.1) is 6.04 Å². The van der Waals surface area contributed by atoms with Crippen molar-refractivity contribution in [1.29, 1.82) is 0 Å². The number of carbonyl (C=O) groups excluding carboxylic acids is 2. The molecule has 0 aliphatic carbocycles. The summed E-state index contributed by atoms with van der Waals surface area (Å²) in [5, 5.41) is 0. The zero-order valence-electron chi connectivity index (χ0n) is 5.70. The highest BCUT2D eigenvalue weighted by Crippen LogP contribution is 1.83. The Morgan fingerprint density at radius 3 is 2.36 bits per heavy atom. The monoisotopic (exact) mass is 172 g/mol. The molecule has 4 N–H and O–H groups in total. The van der Waals surface area contributed by atoms with E-state index in [4.69, 9.17) is 5.73 Å². The molecule has 0 saturated heterocycles. The van der Waals surface area contributed by atoms with Crippen LogP contribution in [0.4, 0.5) is 0 Å². The van der Waals surface area contributed by atoms with Gasteiger partial charge in [0.15, 0.2) is 0 Å². The molecule has 4 nitrogen and oxygen atoms in total. The van der Waals surface area contributed by atoms with Gasteiger partial charge in [0, 0.05) is 11.7 Å². The van der Waals surface area contributed by atoms with Gasteiger partial charge >= 0.3 is 0 Å². The summed E-state index contributed by atoms with van der Waals surface area (Å²) in [4.78, 5) is 20.8. The first kappa shape index (κ1) is 10.0. The van der Waals surface area contributed by atoms with Crippen molar-refractivity contribution in [3.05, 3.63) is 0 Å². The first-order valence-corrected chi connectivity index (χ1v) is 3.43. The maximum Gasteiger partial charge on any atom is 0.293 e. The van der Waals surface area contributed by atoms with E-state index in [-0.39, 0.29) is 5.75 Å². The molecule has 11 heavy (non-hydrogen) atoms. The van der Waals surface area contributed by atoms with Crippen LogP contribution in [0.15, 0.2) is 0 Å². The quantitative estimate of drug-likeness (QED) is 0.264. The number of hydrogen-bond donors (Lipinski definition) is 3. The fourth-order valence-corrected chi connectivity index (χ4v) is 0.465. The van der Waals surface area contributed by atoms with E-state index in [0.29, 0.717) is 0 Å². The average molecular weight is 172 g/mol. The van der Waals surface area contributed by atoms with Crippen molar-refractivity contribution in [2.75, 3.05) is 5.75 Å². The molecular weight excluding hydrogens is 164 g/mol. The van der Waals surface area contributed by atoms with Crippen LogP contribution in [0.25, 0.3) is 0 Å². The Morgan fingerprint density at radius 1 is 1.45 bits per heavy atom. The van der Waals surface area contributed by atoms with Crippen molar-refractivity contribution < 1.29 is 9.59 Å². The summed E-state index contributed by atoms with van der Waals surface area (Å²) in [7, 11) is 0. The predicted molar refractivity (Wildman–Crippen MR) is 43.8 cm³/mol. The van der Waals surface area contributed by atoms with Crippen molar-refractivity contribution >= 4 is 24.3 Å². The highest BCUT2D eigenvalue weighted by molar-refractivity contribution is 7.80. The summed E-state index contributed by atoms with van der Waals surface area (Å²) >= 11 is 3.77. The van der Waals surface area contributed by atoms with E-state index >= 15 is 0 Å². The molecule has 0 aliphatic rings. The normalized spacial score (nSPS) is 11.1. The molecule has 0 unspecified atom stereocenters. The molecule has 0 spiro atoms. The Bertz CT molecular complexity index is 228. The van der Waals surface area contributed by atoms with E-state index in [1.807, 2.05) is 11.8 Å². The third-order valence-corrected chi connectivity index (χ3v) is 1.24. The van der Waals surface area contributed by atoms with Crippen LogP contribution in [0.5, 0.6) is 0 Å². The number of carbonyl (C=O) groups is 2. The standard InChI is InChI=1S/C6H8N2O2S/c7-4(3-11)5(9)1-2-6(8)10/h4,11H,3,7H2,(H2,8,10)/t4-/m0/s1. The molecule has 0 aromatic carbocycles. The maximum absolute atomic E-state index is 10.7. The highest BCUT2D eigenvalue weighted by atomic mass is 32.1. The molecule has 5 heteroatoms. The van der Waals surface area contributed by atoms with Gasteiger partial charge in [0.1, 0.15) is 0 Å². The lowest BCUT2D eigenvalue weighted by molar-refractivity contribution is -0.115. The molecule has 1 amide bonds. The van der Waals surface area contributed by atoms with Gasteiger partial charge in [-0.1, -0.05) is 0 Å². The van der Waals surface area contributed by atoms with E-state index in [0.717, 1.165) is 0 Å². The summed E-state index contributed by atoms with van der Waals surface area (Å²) in [6.07, 6.45) is 0. The third-order valence-electron chi connectivity index (χ3n) is 0.842. The minimum absolute atomic E-state index is 0.201. The molecule has 60 valence electrons. The van der Waals surface area contributed by atoms with Gasteiger partial charge in [-0.2, -0.15) is 12.6 Å². The average Bonchev–Trinajstić information content (AvgIpc) is 1.98. The molecule has 0 saturated carbocycles. The van der Waals surface area contributed by atoms with E-state index < -0.39 is 17.7 Å². The number of hydrogen-bond acceptors (Lipinski definition) is 4. The molecule has 0 rings (SSSR count). The topological polar surface area (TPSA) is 86.2 Å². The molecule has 0 aromatic heterocycles. The van der Waals surface area contributed by atoms with Crippen molar-refractivity contribution in [3.63, 3.8) is 0 Å². The minimum atomic E-state index is -0.843. The Morgan fingerprint density at radius 2 is 2.00 bits per heavy atom. The molecule has 0 radical (unpaired) electrons. The van der Waals surface area contributed by atoms with Crippen molar-refractivity contribution in [2.24, 2.45) is 11.5 Å². The number of ketones is 1. The van der Waals surface area contributed by atoms with Crippen LogP contribution >= 0.6 is 12.6 Å². The molecule has 1 atom stereocenters. The van der Waals surface area contributed by atoms with Crippen molar-refractivity contribution in [2.45, 2.75) is 6.04 Å². The Kier molecular flexibility index (Phi) is 4.34. The highest BCUT2D eigenvalue weighted by Gasteiger charge is 2.07. The van der Waals surface area contributed by atoms with Gasteiger partial charge in [0.25, 0.3) is 5.91 Å². The minimum Gasteiger partial charge on any atom is -0.359 e. The molecule has 0 aliphatic heterocycles. The number of primary amides is 1. The fraction of sp³-hybridized carbons (Fsp3) is 0.333. The smallest absolute Gasteiger partial charge is 0.293 e. The Hall–Kier alpha value is -0.990. The van der Waals surface area contributed by atoms with Gasteiger partial charge in [-0.25, -0.2) is 0 Å². The molecule has 0 heterocycles. The second-order valence-electron chi connectivity index (χ2n) is 1.77. The van der Waals surface area contributed by atoms with Crippen LogP contribution in [0.3, 0.4) is 0 Å². The van der Waals surface area contributed by atoms with Crippen LogP contribution < -0.4 is 11.5 Å². The Labute approximate surface area is 69.7 Å². The molecular formula is C6H8N2O2S. The lowest BCUT2D eigenvalue weighted by Crippen LogP contribution is -2.31. The maximum atomic E-state index is 10.7. The van der Waals surface area contributed by atoms with Gasteiger partial charge in [-0.05, 0) is 5.92 Å². The van der Waals surface area contributed by atoms with E-state index in [2.05, 4.69) is 18.4 Å². The van der Waals surface area contributed by atoms with Crippen LogP contribution in [0.1, 0.15) is 0 Å². The second kappa shape index (κ2) is 4.77. The number of thiol groups is 1. The van der Waals surface area contributed by atoms with E-state index in [9.17, 15) is 9.59 Å². The summed E-state index contributed by atoms with van der Waals surface area (Å²) in [5.74, 6) is 2.71. The lowest BCUT2D eigenvalue weighted by Gasteiger charge is -1.98. The van der Waals surface area contributed by atoms with Crippen molar-refractivity contribution in [1.82, 2.24) is 0 Å². The summed E-state index contributed by atoms with van der Waals surface area (Å²) in [5.41, 5.74) is 9.88. The SMILES string of the molecule is NC(=O)C#CC(=O)[C@@H](N)CS. The van der Waals surface area contributed by atoms with Gasteiger partial charge < -0.3 is 11.5 Å². The summed E-state index contributed by atoms with van der Waals surface area (Å²) < 4.78 is 0. The van der Waals surface area contributed by atoms with E-state index in [1.54, 1.807) is 0 Å². The van der Waals surface area contributed by atoms with Gasteiger partial charge in [-0.15, -0.1) is 0 Å². The first-order valence-electron chi connectivity index (χ1n) is 2.79. The van der Waals surface area contributed by atoms with Crippen LogP contribution in [0.2, 0.25) is 0 Å². The van der Waals surface area contributed by atoms with Gasteiger partial charge in [-0.3, -0.25) is 9.59 Å². The summed E-state index contributed by atoms with van der Waals surface area (Å²) in [6.45, 7) is 0. The van der Waals surface area contributed by atoms with Crippen molar-refractivity contribution in [3.8, 4) is 11.8 Å². The predicted octanol–water partition coefficient (Wildman–Crippen LogP) is -1.70. The summed E-state index contributed by atoms with van der Waals surface area (Å²) in [6, 6.07) is -0.745. The largest absolute Gasteiger partial charge is 0.359 e.